The lowest BCUT2D eigenvalue weighted by Gasteiger charge is -2.35. The average Bonchev–Trinajstić information content (AvgIpc) is 2.99. The van der Waals surface area contributed by atoms with Crippen LogP contribution in [0, 0.1) is 12.7 Å². The number of aryl methyl sites for hydroxylation is 1. The number of Topliss-reactive ketones (excluding diaryl/α,β-unsaturated/α-hetero) is 1. The number of carbonyl (C=O) groups excluding carboxylic acids is 2. The van der Waals surface area contributed by atoms with E-state index in [1.165, 1.54) is 12.1 Å². The Morgan fingerprint density at radius 2 is 1.93 bits per heavy atom. The predicted octanol–water partition coefficient (Wildman–Crippen LogP) is 4.94. The third-order valence-corrected chi connectivity index (χ3v) is 5.08. The molecule has 1 aliphatic rings. The van der Waals surface area contributed by atoms with Gasteiger partial charge in [-0.1, -0.05) is 12.1 Å². The van der Waals surface area contributed by atoms with Crippen molar-refractivity contribution in [3.63, 3.8) is 0 Å². The molecule has 144 valence electrons. The van der Waals surface area contributed by atoms with E-state index in [1.807, 2.05) is 0 Å². The molecule has 0 unspecified atom stereocenters. The van der Waals surface area contributed by atoms with Crippen molar-refractivity contribution in [2.45, 2.75) is 32.8 Å². The summed E-state index contributed by atoms with van der Waals surface area (Å²) in [5.41, 5.74) is 1.18. The van der Waals surface area contributed by atoms with Gasteiger partial charge in [0, 0.05) is 10.9 Å². The van der Waals surface area contributed by atoms with E-state index in [9.17, 15) is 14.0 Å². The van der Waals surface area contributed by atoms with Crippen LogP contribution in [0.1, 0.15) is 52.3 Å². The maximum Gasteiger partial charge on any atom is 0.374 e. The molecule has 2 heterocycles. The molecule has 6 heteroatoms. The Bertz CT molecular complexity index is 1100. The first kappa shape index (κ1) is 18.2. The summed E-state index contributed by atoms with van der Waals surface area (Å²) >= 11 is 0. The van der Waals surface area contributed by atoms with Crippen molar-refractivity contribution in [3.8, 4) is 5.75 Å². The molecular formula is C22H19FO5. The first-order valence-electron chi connectivity index (χ1n) is 9.05. The molecule has 0 aliphatic carbocycles. The molecule has 0 fully saturated rings. The normalized spacial score (nSPS) is 18.6. The molecule has 28 heavy (non-hydrogen) atoms. The molecule has 5 nitrogen and oxygen atoms in total. The lowest BCUT2D eigenvalue weighted by molar-refractivity contribution is 0.0487. The second-order valence-corrected chi connectivity index (χ2v) is 7.03. The second kappa shape index (κ2) is 6.48. The van der Waals surface area contributed by atoms with Crippen LogP contribution in [0.25, 0.3) is 11.0 Å². The standard InChI is InChI=1S/C22H19FO5/c1-4-26-21(25)20-12(2)18-16(27-20)9-10-17-19(18)15(24)11-22(3,28-17)13-5-7-14(23)8-6-13/h5-10H,4,11H2,1-3H3/t22-/m0/s1. The summed E-state index contributed by atoms with van der Waals surface area (Å²) < 4.78 is 30.2. The van der Waals surface area contributed by atoms with Crippen LogP contribution in [0.15, 0.2) is 40.8 Å². The number of benzene rings is 2. The van der Waals surface area contributed by atoms with E-state index < -0.39 is 11.6 Å². The van der Waals surface area contributed by atoms with Crippen molar-refractivity contribution in [1.29, 1.82) is 0 Å². The van der Waals surface area contributed by atoms with E-state index in [0.717, 1.165) is 0 Å². The Hall–Kier alpha value is -3.15. The van der Waals surface area contributed by atoms with Crippen LogP contribution in [0.3, 0.4) is 0 Å². The van der Waals surface area contributed by atoms with Gasteiger partial charge in [0.25, 0.3) is 0 Å². The summed E-state index contributed by atoms with van der Waals surface area (Å²) in [6.45, 7) is 5.47. The van der Waals surface area contributed by atoms with Crippen molar-refractivity contribution >= 4 is 22.7 Å². The molecule has 0 amide bonds. The van der Waals surface area contributed by atoms with Gasteiger partial charge in [-0.15, -0.1) is 0 Å². The van der Waals surface area contributed by atoms with Crippen LogP contribution in [0.2, 0.25) is 0 Å². The summed E-state index contributed by atoms with van der Waals surface area (Å²) in [7, 11) is 0. The van der Waals surface area contributed by atoms with Gasteiger partial charge in [-0.05, 0) is 50.6 Å². The Labute approximate surface area is 161 Å². The highest BCUT2D eigenvalue weighted by molar-refractivity contribution is 6.13. The molecule has 0 spiro atoms. The quantitative estimate of drug-likeness (QED) is 0.601. The first-order chi connectivity index (χ1) is 13.3. The maximum absolute atomic E-state index is 13.3. The maximum atomic E-state index is 13.3. The van der Waals surface area contributed by atoms with Crippen LogP contribution in [-0.2, 0) is 10.3 Å². The molecule has 0 radical (unpaired) electrons. The topological polar surface area (TPSA) is 65.7 Å². The SMILES string of the molecule is CCOC(=O)c1oc2ccc3c(c2c1C)C(=O)C[C@@](C)(c1ccc(F)cc1)O3. The van der Waals surface area contributed by atoms with Gasteiger partial charge in [0.15, 0.2) is 5.78 Å². The van der Waals surface area contributed by atoms with Gasteiger partial charge < -0.3 is 13.9 Å². The summed E-state index contributed by atoms with van der Waals surface area (Å²) in [4.78, 5) is 25.2. The fourth-order valence-electron chi connectivity index (χ4n) is 3.71. The number of fused-ring (bicyclic) bond motifs is 3. The van der Waals surface area contributed by atoms with E-state index in [0.29, 0.717) is 33.4 Å². The van der Waals surface area contributed by atoms with Crippen molar-refractivity contribution in [3.05, 3.63) is 64.7 Å². The molecule has 0 saturated heterocycles. The number of halogens is 1. The Balaban J connectivity index is 1.83. The third-order valence-electron chi connectivity index (χ3n) is 5.08. The monoisotopic (exact) mass is 382 g/mol. The third kappa shape index (κ3) is 2.76. The van der Waals surface area contributed by atoms with E-state index >= 15 is 0 Å². The van der Waals surface area contributed by atoms with E-state index in [4.69, 9.17) is 13.9 Å². The van der Waals surface area contributed by atoms with Crippen LogP contribution >= 0.6 is 0 Å². The number of hydrogen-bond donors (Lipinski definition) is 0. The first-order valence-corrected chi connectivity index (χ1v) is 9.05. The molecule has 1 atom stereocenters. The highest BCUT2D eigenvalue weighted by atomic mass is 19.1. The van der Waals surface area contributed by atoms with Crippen molar-refractivity contribution in [1.82, 2.24) is 0 Å². The molecule has 2 aromatic carbocycles. The summed E-state index contributed by atoms with van der Waals surface area (Å²) in [6, 6.07) is 9.27. The average molecular weight is 382 g/mol. The van der Waals surface area contributed by atoms with Gasteiger partial charge in [-0.3, -0.25) is 4.79 Å². The zero-order chi connectivity index (χ0) is 20.1. The van der Waals surface area contributed by atoms with Gasteiger partial charge >= 0.3 is 5.97 Å². The number of carbonyl (C=O) groups is 2. The highest BCUT2D eigenvalue weighted by Crippen LogP contribution is 2.44. The minimum absolute atomic E-state index is 0.0874. The zero-order valence-corrected chi connectivity index (χ0v) is 15.8. The largest absolute Gasteiger partial charge is 0.482 e. The summed E-state index contributed by atoms with van der Waals surface area (Å²) in [5.74, 6) is -0.542. The molecule has 0 bridgehead atoms. The Kier molecular flexibility index (Phi) is 4.22. The number of rotatable bonds is 3. The van der Waals surface area contributed by atoms with Gasteiger partial charge in [0.2, 0.25) is 5.76 Å². The number of hydrogen-bond acceptors (Lipinski definition) is 5. The lowest BCUT2D eigenvalue weighted by atomic mass is 9.84. The van der Waals surface area contributed by atoms with Gasteiger partial charge in [-0.2, -0.15) is 0 Å². The summed E-state index contributed by atoms with van der Waals surface area (Å²) in [6.07, 6.45) is 0.0874. The number of esters is 1. The number of furan rings is 1. The minimum Gasteiger partial charge on any atom is -0.482 e. The van der Waals surface area contributed by atoms with Gasteiger partial charge in [-0.25, -0.2) is 9.18 Å². The van der Waals surface area contributed by atoms with Gasteiger partial charge in [0.1, 0.15) is 22.8 Å². The summed E-state index contributed by atoms with van der Waals surface area (Å²) in [5, 5.41) is 0.562. The van der Waals surface area contributed by atoms with Crippen LogP contribution < -0.4 is 4.74 Å². The Morgan fingerprint density at radius 3 is 2.61 bits per heavy atom. The van der Waals surface area contributed by atoms with Crippen molar-refractivity contribution in [2.75, 3.05) is 6.61 Å². The number of ether oxygens (including phenoxy) is 2. The molecule has 1 aliphatic heterocycles. The fraction of sp³-hybridized carbons (Fsp3) is 0.273. The molecular weight excluding hydrogens is 363 g/mol. The smallest absolute Gasteiger partial charge is 0.374 e. The minimum atomic E-state index is -0.910. The second-order valence-electron chi connectivity index (χ2n) is 7.03. The van der Waals surface area contributed by atoms with E-state index in [-0.39, 0.29) is 30.4 Å². The number of ketones is 1. The Morgan fingerprint density at radius 1 is 1.21 bits per heavy atom. The van der Waals surface area contributed by atoms with Gasteiger partial charge in [0.05, 0.1) is 18.6 Å². The van der Waals surface area contributed by atoms with E-state index in [2.05, 4.69) is 0 Å². The molecule has 4 rings (SSSR count). The lowest BCUT2D eigenvalue weighted by Crippen LogP contribution is -2.36. The fourth-order valence-corrected chi connectivity index (χ4v) is 3.71. The highest BCUT2D eigenvalue weighted by Gasteiger charge is 2.40. The molecule has 0 saturated carbocycles. The molecule has 3 aromatic rings. The van der Waals surface area contributed by atoms with E-state index in [1.54, 1.807) is 45.0 Å². The van der Waals surface area contributed by atoms with Crippen LogP contribution in [0.4, 0.5) is 4.39 Å². The van der Waals surface area contributed by atoms with Crippen LogP contribution in [-0.4, -0.2) is 18.4 Å². The van der Waals surface area contributed by atoms with Crippen LogP contribution in [0.5, 0.6) is 5.75 Å². The van der Waals surface area contributed by atoms with Crippen molar-refractivity contribution < 1.29 is 27.9 Å². The van der Waals surface area contributed by atoms with Crippen molar-refractivity contribution in [2.24, 2.45) is 0 Å². The molecule has 1 aromatic heterocycles. The predicted molar refractivity (Wildman–Crippen MR) is 100 cm³/mol. The zero-order valence-electron chi connectivity index (χ0n) is 15.8. The molecule has 0 N–H and O–H groups in total.